The molecule has 0 saturated carbocycles. The van der Waals surface area contributed by atoms with Crippen molar-refractivity contribution in [3.8, 4) is 5.75 Å². The fourth-order valence-electron chi connectivity index (χ4n) is 2.61. The SMILES string of the molecule is C[C@@H]1CC(NC(=O)c2ccc([N+](=O)[O-])c(O)c2)C[C@H](C)O1. The summed E-state index contributed by atoms with van der Waals surface area (Å²) < 4.78 is 5.60. The van der Waals surface area contributed by atoms with Crippen molar-refractivity contribution in [3.63, 3.8) is 0 Å². The van der Waals surface area contributed by atoms with E-state index in [9.17, 15) is 20.0 Å². The molecule has 0 spiro atoms. The Morgan fingerprint density at radius 3 is 2.52 bits per heavy atom. The van der Waals surface area contributed by atoms with Crippen molar-refractivity contribution in [2.24, 2.45) is 0 Å². The number of nitrogens with one attached hydrogen (secondary N) is 1. The number of aromatic hydroxyl groups is 1. The third-order valence-electron chi connectivity index (χ3n) is 3.47. The highest BCUT2D eigenvalue weighted by molar-refractivity contribution is 5.95. The molecule has 1 aliphatic heterocycles. The molecule has 114 valence electrons. The van der Waals surface area contributed by atoms with Crippen LogP contribution in [0.25, 0.3) is 0 Å². The summed E-state index contributed by atoms with van der Waals surface area (Å²) in [4.78, 5) is 22.1. The summed E-state index contributed by atoms with van der Waals surface area (Å²) in [5.74, 6) is -0.868. The Morgan fingerprint density at radius 1 is 1.38 bits per heavy atom. The maximum Gasteiger partial charge on any atom is 0.310 e. The molecule has 1 aromatic rings. The maximum absolute atomic E-state index is 12.1. The van der Waals surface area contributed by atoms with Gasteiger partial charge in [0.2, 0.25) is 0 Å². The number of hydrogen-bond acceptors (Lipinski definition) is 5. The second-order valence-electron chi connectivity index (χ2n) is 5.36. The van der Waals surface area contributed by atoms with E-state index in [4.69, 9.17) is 4.74 Å². The Labute approximate surface area is 122 Å². The quantitative estimate of drug-likeness (QED) is 0.655. The highest BCUT2D eigenvalue weighted by atomic mass is 16.6. The summed E-state index contributed by atoms with van der Waals surface area (Å²) in [5.41, 5.74) is -0.218. The summed E-state index contributed by atoms with van der Waals surface area (Å²) in [7, 11) is 0. The molecule has 1 unspecified atom stereocenters. The van der Waals surface area contributed by atoms with Crippen molar-refractivity contribution in [1.82, 2.24) is 5.32 Å². The average molecular weight is 294 g/mol. The molecule has 7 heteroatoms. The normalized spacial score (nSPS) is 25.3. The van der Waals surface area contributed by atoms with Crippen LogP contribution in [0.4, 0.5) is 5.69 Å². The van der Waals surface area contributed by atoms with Crippen LogP contribution in [0.15, 0.2) is 18.2 Å². The monoisotopic (exact) mass is 294 g/mol. The van der Waals surface area contributed by atoms with Crippen LogP contribution in [0.5, 0.6) is 5.75 Å². The number of nitro benzene ring substituents is 1. The lowest BCUT2D eigenvalue weighted by atomic mass is 9.99. The molecule has 21 heavy (non-hydrogen) atoms. The largest absolute Gasteiger partial charge is 0.502 e. The third-order valence-corrected chi connectivity index (χ3v) is 3.47. The van der Waals surface area contributed by atoms with Gasteiger partial charge >= 0.3 is 5.69 Å². The lowest BCUT2D eigenvalue weighted by molar-refractivity contribution is -0.385. The zero-order valence-corrected chi connectivity index (χ0v) is 11.9. The molecule has 1 fully saturated rings. The number of benzene rings is 1. The Kier molecular flexibility index (Phi) is 4.42. The van der Waals surface area contributed by atoms with Crippen LogP contribution in [0.3, 0.4) is 0 Å². The number of phenolic OH excluding ortho intramolecular Hbond substituents is 1. The number of nitrogens with zero attached hydrogens (tertiary/aromatic N) is 1. The minimum Gasteiger partial charge on any atom is -0.502 e. The van der Waals surface area contributed by atoms with Gasteiger partial charge in [-0.1, -0.05) is 0 Å². The third kappa shape index (κ3) is 3.69. The van der Waals surface area contributed by atoms with Gasteiger partial charge in [-0.05, 0) is 38.8 Å². The second-order valence-corrected chi connectivity index (χ2v) is 5.36. The highest BCUT2D eigenvalue weighted by Crippen LogP contribution is 2.26. The minimum absolute atomic E-state index is 0.00594. The number of rotatable bonds is 3. The lowest BCUT2D eigenvalue weighted by Crippen LogP contribution is -2.43. The van der Waals surface area contributed by atoms with E-state index in [1.807, 2.05) is 13.8 Å². The summed E-state index contributed by atoms with van der Waals surface area (Å²) >= 11 is 0. The van der Waals surface area contributed by atoms with Crippen molar-refractivity contribution < 1.29 is 19.6 Å². The first-order valence-electron chi connectivity index (χ1n) is 6.80. The first kappa shape index (κ1) is 15.2. The van der Waals surface area contributed by atoms with Crippen molar-refractivity contribution >= 4 is 11.6 Å². The van der Waals surface area contributed by atoms with Gasteiger partial charge in [-0.15, -0.1) is 0 Å². The number of phenols is 1. The molecule has 0 aliphatic carbocycles. The molecule has 0 aromatic heterocycles. The fourth-order valence-corrected chi connectivity index (χ4v) is 2.61. The van der Waals surface area contributed by atoms with Gasteiger partial charge in [0.05, 0.1) is 17.1 Å². The van der Waals surface area contributed by atoms with E-state index in [1.165, 1.54) is 6.07 Å². The molecule has 7 nitrogen and oxygen atoms in total. The van der Waals surface area contributed by atoms with Crippen LogP contribution in [-0.4, -0.2) is 34.2 Å². The maximum atomic E-state index is 12.1. The molecular weight excluding hydrogens is 276 g/mol. The Morgan fingerprint density at radius 2 is 2.00 bits per heavy atom. The van der Waals surface area contributed by atoms with E-state index in [-0.39, 0.29) is 29.7 Å². The van der Waals surface area contributed by atoms with Crippen LogP contribution >= 0.6 is 0 Å². The van der Waals surface area contributed by atoms with Crippen molar-refractivity contribution in [3.05, 3.63) is 33.9 Å². The van der Waals surface area contributed by atoms with E-state index in [2.05, 4.69) is 5.32 Å². The van der Waals surface area contributed by atoms with Crippen LogP contribution in [-0.2, 0) is 4.74 Å². The van der Waals surface area contributed by atoms with Gasteiger partial charge in [0.25, 0.3) is 5.91 Å². The van der Waals surface area contributed by atoms with Gasteiger partial charge in [-0.2, -0.15) is 0 Å². The lowest BCUT2D eigenvalue weighted by Gasteiger charge is -2.32. The molecule has 2 rings (SSSR count). The Hall–Kier alpha value is -2.15. The molecule has 0 radical (unpaired) electrons. The standard InChI is InChI=1S/C14H18N2O5/c1-8-5-11(6-9(2)21-8)15-14(18)10-3-4-12(16(19)20)13(17)7-10/h3-4,7-9,11,17H,5-6H2,1-2H3,(H,15,18)/t8-,9+,11?. The van der Waals surface area contributed by atoms with Crippen LogP contribution in [0, 0.1) is 10.1 Å². The molecule has 1 amide bonds. The molecular formula is C14H18N2O5. The molecule has 0 bridgehead atoms. The molecule has 1 saturated heterocycles. The van der Waals surface area contributed by atoms with E-state index in [1.54, 1.807) is 0 Å². The predicted molar refractivity (Wildman–Crippen MR) is 75.3 cm³/mol. The van der Waals surface area contributed by atoms with Crippen molar-refractivity contribution in [1.29, 1.82) is 0 Å². The van der Waals surface area contributed by atoms with Crippen molar-refractivity contribution in [2.45, 2.75) is 44.9 Å². The van der Waals surface area contributed by atoms with Gasteiger partial charge in [0, 0.05) is 17.7 Å². The molecule has 3 atom stereocenters. The number of carbonyl (C=O) groups excluding carboxylic acids is 1. The number of carbonyl (C=O) groups is 1. The van der Waals surface area contributed by atoms with Crippen molar-refractivity contribution in [2.75, 3.05) is 0 Å². The summed E-state index contributed by atoms with van der Waals surface area (Å²) in [6.07, 6.45) is 1.58. The smallest absolute Gasteiger partial charge is 0.310 e. The summed E-state index contributed by atoms with van der Waals surface area (Å²) in [6, 6.07) is 3.56. The van der Waals surface area contributed by atoms with E-state index in [0.717, 1.165) is 25.0 Å². The number of amides is 1. The second kappa shape index (κ2) is 6.09. The molecule has 1 heterocycles. The fraction of sp³-hybridized carbons (Fsp3) is 0.500. The van der Waals surface area contributed by atoms with Gasteiger partial charge in [0.1, 0.15) is 0 Å². The zero-order valence-electron chi connectivity index (χ0n) is 11.9. The first-order valence-corrected chi connectivity index (χ1v) is 6.80. The van der Waals surface area contributed by atoms with E-state index in [0.29, 0.717) is 0 Å². The average Bonchev–Trinajstić information content (AvgIpc) is 2.36. The number of hydrogen-bond donors (Lipinski definition) is 2. The topological polar surface area (TPSA) is 102 Å². The molecule has 1 aromatic carbocycles. The Balaban J connectivity index is 2.06. The van der Waals surface area contributed by atoms with Crippen LogP contribution in [0.1, 0.15) is 37.0 Å². The summed E-state index contributed by atoms with van der Waals surface area (Å²) in [5, 5.41) is 23.1. The van der Waals surface area contributed by atoms with Gasteiger partial charge < -0.3 is 15.2 Å². The Bertz CT molecular complexity index is 550. The zero-order chi connectivity index (χ0) is 15.6. The van der Waals surface area contributed by atoms with Gasteiger partial charge in [-0.25, -0.2) is 0 Å². The number of nitro groups is 1. The number of ether oxygens (including phenoxy) is 1. The van der Waals surface area contributed by atoms with Gasteiger partial charge in [0.15, 0.2) is 5.75 Å². The minimum atomic E-state index is -0.696. The first-order chi connectivity index (χ1) is 9.86. The predicted octanol–water partition coefficient (Wildman–Crippen LogP) is 1.99. The molecule has 1 aliphatic rings. The molecule has 2 N–H and O–H groups in total. The van der Waals surface area contributed by atoms with Crippen LogP contribution in [0.2, 0.25) is 0 Å². The van der Waals surface area contributed by atoms with E-state index >= 15 is 0 Å². The van der Waals surface area contributed by atoms with Crippen LogP contribution < -0.4 is 5.32 Å². The summed E-state index contributed by atoms with van der Waals surface area (Å²) in [6.45, 7) is 3.90. The van der Waals surface area contributed by atoms with Gasteiger partial charge in [-0.3, -0.25) is 14.9 Å². The highest BCUT2D eigenvalue weighted by Gasteiger charge is 2.26. The van der Waals surface area contributed by atoms with E-state index < -0.39 is 16.4 Å².